The molecular formula is C16H17N3O3. The molecule has 2 heterocycles. The summed E-state index contributed by atoms with van der Waals surface area (Å²) in [6.45, 7) is 1.01. The summed E-state index contributed by atoms with van der Waals surface area (Å²) < 4.78 is 1.86. The van der Waals surface area contributed by atoms with E-state index in [9.17, 15) is 9.59 Å². The summed E-state index contributed by atoms with van der Waals surface area (Å²) in [6.07, 6.45) is 5.59. The highest BCUT2D eigenvalue weighted by Gasteiger charge is 2.32. The lowest BCUT2D eigenvalue weighted by Gasteiger charge is -2.18. The van der Waals surface area contributed by atoms with Gasteiger partial charge in [0, 0.05) is 43.5 Å². The van der Waals surface area contributed by atoms with E-state index in [0.29, 0.717) is 19.5 Å². The number of fused-ring (bicyclic) bond motifs is 1. The number of anilines is 1. The minimum Gasteiger partial charge on any atom is -0.481 e. The first-order valence-corrected chi connectivity index (χ1v) is 7.22. The zero-order valence-electron chi connectivity index (χ0n) is 12.1. The van der Waals surface area contributed by atoms with E-state index in [1.54, 1.807) is 17.4 Å². The van der Waals surface area contributed by atoms with E-state index in [-0.39, 0.29) is 18.2 Å². The van der Waals surface area contributed by atoms with E-state index >= 15 is 0 Å². The molecule has 0 saturated carbocycles. The molecule has 1 unspecified atom stereocenters. The Labute approximate surface area is 128 Å². The average Bonchev–Trinajstić information content (AvgIpc) is 3.13. The third-order valence-corrected chi connectivity index (χ3v) is 3.94. The molecule has 0 fully saturated rings. The van der Waals surface area contributed by atoms with Crippen molar-refractivity contribution in [3.63, 3.8) is 0 Å². The lowest BCUT2D eigenvalue weighted by Crippen LogP contribution is -2.30. The molecule has 0 saturated heterocycles. The summed E-state index contributed by atoms with van der Waals surface area (Å²) in [5.41, 5.74) is 1.78. The Hall–Kier alpha value is -2.63. The van der Waals surface area contributed by atoms with E-state index in [2.05, 4.69) is 4.98 Å². The summed E-state index contributed by atoms with van der Waals surface area (Å²) in [7, 11) is 0. The number of hydrogen-bond donors (Lipinski definition) is 1. The van der Waals surface area contributed by atoms with Gasteiger partial charge in [0.2, 0.25) is 5.91 Å². The second-order valence-electron chi connectivity index (χ2n) is 5.41. The number of aryl methyl sites for hydroxylation is 1. The van der Waals surface area contributed by atoms with E-state index in [1.165, 1.54) is 0 Å². The molecule has 0 aliphatic carbocycles. The van der Waals surface area contributed by atoms with Crippen LogP contribution >= 0.6 is 0 Å². The molecule has 0 spiro atoms. The van der Waals surface area contributed by atoms with Gasteiger partial charge in [-0.05, 0) is 11.6 Å². The Morgan fingerprint density at radius 3 is 2.86 bits per heavy atom. The lowest BCUT2D eigenvalue weighted by molar-refractivity contribution is -0.137. The molecule has 1 aromatic heterocycles. The number of carbonyl (C=O) groups excluding carboxylic acids is 1. The van der Waals surface area contributed by atoms with Crippen molar-refractivity contribution in [2.75, 3.05) is 11.4 Å². The molecule has 1 aliphatic rings. The number of imidazole rings is 1. The normalized spacial score (nSPS) is 16.5. The molecule has 3 rings (SSSR count). The molecule has 6 nitrogen and oxygen atoms in total. The third kappa shape index (κ3) is 2.86. The predicted octanol–water partition coefficient (Wildman–Crippen LogP) is 1.88. The van der Waals surface area contributed by atoms with Gasteiger partial charge in [0.1, 0.15) is 0 Å². The topological polar surface area (TPSA) is 75.4 Å². The maximum atomic E-state index is 12.5. The van der Waals surface area contributed by atoms with E-state index in [1.807, 2.05) is 35.0 Å². The van der Waals surface area contributed by atoms with Crippen LogP contribution in [0.15, 0.2) is 43.0 Å². The van der Waals surface area contributed by atoms with E-state index in [4.69, 9.17) is 5.11 Å². The number of benzene rings is 1. The maximum absolute atomic E-state index is 12.5. The standard InChI is InChI=1S/C16H17N3O3/c20-15(5-7-18-8-6-17-11-18)19-10-12(9-16(21)22)13-3-1-2-4-14(13)19/h1-4,6,8,11-12H,5,7,9-10H2,(H,21,22). The number of aliphatic carboxylic acids is 1. The van der Waals surface area contributed by atoms with Crippen LogP contribution in [-0.2, 0) is 16.1 Å². The minimum absolute atomic E-state index is 0.00837. The molecule has 6 heteroatoms. The number of aromatic nitrogens is 2. The number of para-hydroxylation sites is 1. The Kier molecular flexibility index (Phi) is 3.91. The number of carbonyl (C=O) groups is 2. The highest BCUT2D eigenvalue weighted by Crippen LogP contribution is 2.38. The van der Waals surface area contributed by atoms with Crippen LogP contribution in [0.4, 0.5) is 5.69 Å². The molecule has 1 aliphatic heterocycles. The zero-order valence-corrected chi connectivity index (χ0v) is 12.1. The smallest absolute Gasteiger partial charge is 0.304 e. The number of amides is 1. The molecule has 1 amide bonds. The zero-order chi connectivity index (χ0) is 15.5. The quantitative estimate of drug-likeness (QED) is 0.914. The fourth-order valence-corrected chi connectivity index (χ4v) is 2.90. The van der Waals surface area contributed by atoms with Crippen LogP contribution in [0.2, 0.25) is 0 Å². The number of rotatable bonds is 5. The summed E-state index contributed by atoms with van der Waals surface area (Å²) in [5.74, 6) is -0.965. The summed E-state index contributed by atoms with van der Waals surface area (Å²) in [6, 6.07) is 7.55. The number of carboxylic acids is 1. The maximum Gasteiger partial charge on any atom is 0.304 e. The van der Waals surface area contributed by atoms with Crippen LogP contribution in [0.1, 0.15) is 24.3 Å². The third-order valence-electron chi connectivity index (χ3n) is 3.94. The second kappa shape index (κ2) is 6.01. The van der Waals surface area contributed by atoms with Crippen LogP contribution in [0.3, 0.4) is 0 Å². The first-order chi connectivity index (χ1) is 10.6. The Morgan fingerprint density at radius 1 is 1.32 bits per heavy atom. The van der Waals surface area contributed by atoms with Crippen molar-refractivity contribution in [1.29, 1.82) is 0 Å². The van der Waals surface area contributed by atoms with Gasteiger partial charge in [-0.3, -0.25) is 9.59 Å². The number of hydrogen-bond acceptors (Lipinski definition) is 3. The van der Waals surface area contributed by atoms with Gasteiger partial charge in [0.25, 0.3) is 0 Å². The SMILES string of the molecule is O=C(O)CC1CN(C(=O)CCn2ccnc2)c2ccccc21. The minimum atomic E-state index is -0.840. The van der Waals surface area contributed by atoms with Crippen LogP contribution in [-0.4, -0.2) is 33.1 Å². The van der Waals surface area contributed by atoms with Crippen molar-refractivity contribution >= 4 is 17.6 Å². The van der Waals surface area contributed by atoms with Gasteiger partial charge in [0.05, 0.1) is 12.7 Å². The fraction of sp³-hybridized carbons (Fsp3) is 0.312. The monoisotopic (exact) mass is 299 g/mol. The molecule has 2 aromatic rings. The van der Waals surface area contributed by atoms with E-state index in [0.717, 1.165) is 11.3 Å². The van der Waals surface area contributed by atoms with Crippen LogP contribution < -0.4 is 4.90 Å². The molecule has 0 bridgehead atoms. The molecule has 114 valence electrons. The predicted molar refractivity (Wildman–Crippen MR) is 80.6 cm³/mol. The van der Waals surface area contributed by atoms with Gasteiger partial charge in [-0.25, -0.2) is 4.98 Å². The Balaban J connectivity index is 1.73. The fourth-order valence-electron chi connectivity index (χ4n) is 2.90. The summed E-state index contributed by atoms with van der Waals surface area (Å²) in [4.78, 5) is 29.1. The van der Waals surface area contributed by atoms with E-state index < -0.39 is 5.97 Å². The van der Waals surface area contributed by atoms with Crippen LogP contribution in [0, 0.1) is 0 Å². The highest BCUT2D eigenvalue weighted by atomic mass is 16.4. The first kappa shape index (κ1) is 14.3. The van der Waals surface area contributed by atoms with Crippen molar-refractivity contribution in [2.24, 2.45) is 0 Å². The molecule has 1 atom stereocenters. The highest BCUT2D eigenvalue weighted by molar-refractivity contribution is 5.96. The van der Waals surface area contributed by atoms with Crippen LogP contribution in [0.25, 0.3) is 0 Å². The van der Waals surface area contributed by atoms with Gasteiger partial charge >= 0.3 is 5.97 Å². The Bertz CT molecular complexity index is 682. The summed E-state index contributed by atoms with van der Waals surface area (Å²) in [5, 5.41) is 9.04. The van der Waals surface area contributed by atoms with Gasteiger partial charge in [-0.1, -0.05) is 18.2 Å². The van der Waals surface area contributed by atoms with Crippen LogP contribution in [0.5, 0.6) is 0 Å². The van der Waals surface area contributed by atoms with Gasteiger partial charge < -0.3 is 14.6 Å². The van der Waals surface area contributed by atoms with Gasteiger partial charge in [0.15, 0.2) is 0 Å². The average molecular weight is 299 g/mol. The number of carboxylic acid groups (broad SMARTS) is 1. The van der Waals surface area contributed by atoms with Crippen molar-refractivity contribution in [1.82, 2.24) is 9.55 Å². The molecule has 1 aromatic carbocycles. The second-order valence-corrected chi connectivity index (χ2v) is 5.41. The van der Waals surface area contributed by atoms with Crippen molar-refractivity contribution < 1.29 is 14.7 Å². The van der Waals surface area contributed by atoms with Gasteiger partial charge in [-0.2, -0.15) is 0 Å². The molecule has 1 N–H and O–H groups in total. The van der Waals surface area contributed by atoms with Crippen molar-refractivity contribution in [2.45, 2.75) is 25.3 Å². The largest absolute Gasteiger partial charge is 0.481 e. The molecular weight excluding hydrogens is 282 g/mol. The van der Waals surface area contributed by atoms with Gasteiger partial charge in [-0.15, -0.1) is 0 Å². The van der Waals surface area contributed by atoms with Crippen molar-refractivity contribution in [3.8, 4) is 0 Å². The van der Waals surface area contributed by atoms with Crippen molar-refractivity contribution in [3.05, 3.63) is 48.5 Å². The summed E-state index contributed by atoms with van der Waals surface area (Å²) >= 11 is 0. The number of nitrogens with zero attached hydrogens (tertiary/aromatic N) is 3. The molecule has 22 heavy (non-hydrogen) atoms. The first-order valence-electron chi connectivity index (χ1n) is 7.22. The lowest BCUT2D eigenvalue weighted by atomic mass is 9.98. The Morgan fingerprint density at radius 2 is 2.14 bits per heavy atom. The molecule has 0 radical (unpaired) electrons.